The van der Waals surface area contributed by atoms with E-state index in [0.29, 0.717) is 6.42 Å². The van der Waals surface area contributed by atoms with Gasteiger partial charge in [-0.3, -0.25) is 0 Å². The molecular weight excluding hydrogens is 206 g/mol. The third-order valence-electron chi connectivity index (χ3n) is 2.60. The summed E-state index contributed by atoms with van der Waals surface area (Å²) in [6, 6.07) is 0. The van der Waals surface area contributed by atoms with Crippen LogP contribution in [0.4, 0.5) is 0 Å². The molecular formula is C11H17N3O2. The van der Waals surface area contributed by atoms with Crippen molar-refractivity contribution >= 4 is 5.71 Å². The summed E-state index contributed by atoms with van der Waals surface area (Å²) >= 11 is 0. The van der Waals surface area contributed by atoms with E-state index in [1.807, 2.05) is 6.20 Å². The van der Waals surface area contributed by atoms with Gasteiger partial charge in [0.25, 0.3) is 0 Å². The number of nitrogens with zero attached hydrogens (tertiary/aromatic N) is 2. The number of nitrogens with one attached hydrogen (secondary N) is 1. The van der Waals surface area contributed by atoms with Crippen LogP contribution in [0, 0.1) is 0 Å². The summed E-state index contributed by atoms with van der Waals surface area (Å²) in [5.74, 6) is 0.797. The van der Waals surface area contributed by atoms with Crippen molar-refractivity contribution in [3.63, 3.8) is 0 Å². The van der Waals surface area contributed by atoms with Crippen LogP contribution in [0.3, 0.4) is 0 Å². The number of methoxy groups -OCH3 is 1. The highest BCUT2D eigenvalue weighted by molar-refractivity contribution is 5.98. The number of H-pyrrole nitrogens is 1. The third-order valence-corrected chi connectivity index (χ3v) is 2.60. The molecule has 88 valence electrons. The third kappa shape index (κ3) is 2.41. The number of oxime groups is 1. The largest absolute Gasteiger partial charge is 0.363 e. The first-order chi connectivity index (χ1) is 7.83. The smallest absolute Gasteiger partial charge is 0.232 e. The highest BCUT2D eigenvalue weighted by atomic mass is 16.8. The summed E-state index contributed by atoms with van der Waals surface area (Å²) in [5, 5.41) is 3.95. The average Bonchev–Trinajstić information content (AvgIpc) is 2.94. The van der Waals surface area contributed by atoms with Gasteiger partial charge >= 0.3 is 0 Å². The fourth-order valence-corrected chi connectivity index (χ4v) is 1.62. The lowest BCUT2D eigenvalue weighted by atomic mass is 10.2. The molecule has 1 aliphatic rings. The molecule has 5 nitrogen and oxygen atoms in total. The van der Waals surface area contributed by atoms with Gasteiger partial charge in [-0.25, -0.2) is 4.98 Å². The zero-order valence-electron chi connectivity index (χ0n) is 9.69. The number of aryl methyl sites for hydroxylation is 1. The van der Waals surface area contributed by atoms with Crippen LogP contribution in [0.25, 0.3) is 0 Å². The number of imidazole rings is 1. The fraction of sp³-hybridized carbons (Fsp3) is 0.636. The maximum Gasteiger partial charge on any atom is 0.232 e. The second-order valence-electron chi connectivity index (χ2n) is 3.87. The molecule has 1 aromatic heterocycles. The molecule has 0 saturated heterocycles. The van der Waals surface area contributed by atoms with Crippen LogP contribution in [-0.2, 0) is 16.0 Å². The van der Waals surface area contributed by atoms with Gasteiger partial charge in [0.1, 0.15) is 5.71 Å². The molecule has 1 N–H and O–H groups in total. The van der Waals surface area contributed by atoms with Crippen LogP contribution in [0.15, 0.2) is 11.4 Å². The number of hydrogen-bond donors (Lipinski definition) is 1. The Morgan fingerprint density at radius 1 is 1.62 bits per heavy atom. The Balaban J connectivity index is 1.97. The maximum absolute atomic E-state index is 5.07. The van der Waals surface area contributed by atoms with Crippen molar-refractivity contribution in [2.75, 3.05) is 7.11 Å². The maximum atomic E-state index is 5.07. The number of hydrogen-bond acceptors (Lipinski definition) is 4. The Labute approximate surface area is 94.9 Å². The molecule has 2 rings (SSSR count). The average molecular weight is 223 g/mol. The van der Waals surface area contributed by atoms with E-state index in [-0.39, 0.29) is 6.29 Å². The summed E-state index contributed by atoms with van der Waals surface area (Å²) in [6.45, 7) is 2.18. The molecule has 1 atom stereocenters. The van der Waals surface area contributed by atoms with Gasteiger partial charge in [-0.15, -0.1) is 0 Å². The molecule has 2 heterocycles. The van der Waals surface area contributed by atoms with Crippen molar-refractivity contribution in [2.45, 2.75) is 38.9 Å². The van der Waals surface area contributed by atoms with Gasteiger partial charge in [0.15, 0.2) is 5.82 Å². The van der Waals surface area contributed by atoms with Crippen molar-refractivity contribution in [3.8, 4) is 0 Å². The van der Waals surface area contributed by atoms with Gasteiger partial charge in [-0.2, -0.15) is 0 Å². The second-order valence-corrected chi connectivity index (χ2v) is 3.87. The van der Waals surface area contributed by atoms with E-state index in [9.17, 15) is 0 Å². The van der Waals surface area contributed by atoms with Crippen molar-refractivity contribution in [3.05, 3.63) is 17.7 Å². The zero-order chi connectivity index (χ0) is 11.4. The van der Waals surface area contributed by atoms with Gasteiger partial charge in [-0.1, -0.05) is 18.5 Å². The normalized spacial score (nSPS) is 19.6. The highest BCUT2D eigenvalue weighted by Gasteiger charge is 2.23. The Morgan fingerprint density at radius 2 is 2.50 bits per heavy atom. The van der Waals surface area contributed by atoms with Crippen LogP contribution in [-0.4, -0.2) is 29.1 Å². The summed E-state index contributed by atoms with van der Waals surface area (Å²) in [4.78, 5) is 12.6. The van der Waals surface area contributed by atoms with Crippen LogP contribution in [0.2, 0.25) is 0 Å². The molecule has 5 heteroatoms. The molecule has 0 saturated carbocycles. The SMILES string of the molecule is CCCCc1cnc(C2=NOC(OC)C2)[nH]1. The molecule has 0 amide bonds. The minimum Gasteiger partial charge on any atom is -0.363 e. The second kappa shape index (κ2) is 5.12. The fourth-order valence-electron chi connectivity index (χ4n) is 1.62. The Kier molecular flexibility index (Phi) is 3.56. The minimum absolute atomic E-state index is 0.265. The van der Waals surface area contributed by atoms with Gasteiger partial charge in [0.05, 0.1) is 6.42 Å². The lowest BCUT2D eigenvalue weighted by Gasteiger charge is -2.02. The monoisotopic (exact) mass is 223 g/mol. The van der Waals surface area contributed by atoms with Crippen LogP contribution >= 0.6 is 0 Å². The van der Waals surface area contributed by atoms with Crippen molar-refractivity contribution in [1.82, 2.24) is 9.97 Å². The molecule has 0 aromatic carbocycles. The number of aromatic amines is 1. The molecule has 0 radical (unpaired) electrons. The number of ether oxygens (including phenoxy) is 1. The quantitative estimate of drug-likeness (QED) is 0.828. The lowest BCUT2D eigenvalue weighted by molar-refractivity contribution is -0.103. The summed E-state index contributed by atoms with van der Waals surface area (Å²) in [7, 11) is 1.61. The van der Waals surface area contributed by atoms with E-state index in [1.165, 1.54) is 12.8 Å². The molecule has 1 aromatic rings. The van der Waals surface area contributed by atoms with Gasteiger partial charge < -0.3 is 14.6 Å². The topological polar surface area (TPSA) is 59.5 Å². The molecule has 0 fully saturated rings. The van der Waals surface area contributed by atoms with Gasteiger partial charge in [-0.05, 0) is 12.8 Å². The number of unbranched alkanes of at least 4 members (excludes halogenated alkanes) is 1. The molecule has 0 bridgehead atoms. The molecule has 0 spiro atoms. The Morgan fingerprint density at radius 3 is 3.19 bits per heavy atom. The Bertz CT molecular complexity index is 373. The van der Waals surface area contributed by atoms with Crippen LogP contribution in [0.1, 0.15) is 37.7 Å². The highest BCUT2D eigenvalue weighted by Crippen LogP contribution is 2.15. The minimum atomic E-state index is -0.265. The van der Waals surface area contributed by atoms with E-state index < -0.39 is 0 Å². The summed E-state index contributed by atoms with van der Waals surface area (Å²) < 4.78 is 5.06. The summed E-state index contributed by atoms with van der Waals surface area (Å²) in [5.41, 5.74) is 1.98. The molecule has 1 aliphatic heterocycles. The first-order valence-electron chi connectivity index (χ1n) is 5.63. The number of rotatable bonds is 5. The number of aromatic nitrogens is 2. The first-order valence-corrected chi connectivity index (χ1v) is 5.63. The van der Waals surface area contributed by atoms with Crippen molar-refractivity contribution < 1.29 is 9.57 Å². The van der Waals surface area contributed by atoms with Gasteiger partial charge in [0, 0.05) is 19.0 Å². The molecule has 1 unspecified atom stereocenters. The van der Waals surface area contributed by atoms with E-state index >= 15 is 0 Å². The zero-order valence-corrected chi connectivity index (χ0v) is 9.69. The first kappa shape index (κ1) is 11.1. The van der Waals surface area contributed by atoms with E-state index in [1.54, 1.807) is 7.11 Å². The molecule has 16 heavy (non-hydrogen) atoms. The van der Waals surface area contributed by atoms with Crippen molar-refractivity contribution in [1.29, 1.82) is 0 Å². The molecule has 0 aliphatic carbocycles. The summed E-state index contributed by atoms with van der Waals surface area (Å²) in [6.07, 6.45) is 5.64. The van der Waals surface area contributed by atoms with Gasteiger partial charge in [0.2, 0.25) is 6.29 Å². The van der Waals surface area contributed by atoms with Crippen LogP contribution in [0.5, 0.6) is 0 Å². The standard InChI is InChI=1S/C11H17N3O2/c1-3-4-5-8-7-12-11(13-8)9-6-10(15-2)16-14-9/h7,10H,3-6H2,1-2H3,(H,12,13). The Hall–Kier alpha value is -1.36. The van der Waals surface area contributed by atoms with Crippen LogP contribution < -0.4 is 0 Å². The predicted octanol–water partition coefficient (Wildman–Crippen LogP) is 1.85. The van der Waals surface area contributed by atoms with Crippen molar-refractivity contribution in [2.24, 2.45) is 5.16 Å². The van der Waals surface area contributed by atoms with E-state index in [4.69, 9.17) is 9.57 Å². The predicted molar refractivity (Wildman–Crippen MR) is 60.2 cm³/mol. The van der Waals surface area contributed by atoms with E-state index in [0.717, 1.165) is 23.7 Å². The lowest BCUT2D eigenvalue weighted by Crippen LogP contribution is -2.10. The van der Waals surface area contributed by atoms with E-state index in [2.05, 4.69) is 22.0 Å².